The molecule has 1 aromatic carbocycles. The lowest BCUT2D eigenvalue weighted by atomic mass is 9.89. The number of hydrogen-bond acceptors (Lipinski definition) is 2. The molecule has 2 fully saturated rings. The molecule has 1 aliphatic carbocycles. The highest BCUT2D eigenvalue weighted by atomic mass is 16.3. The third-order valence-corrected chi connectivity index (χ3v) is 5.59. The third kappa shape index (κ3) is 2.79. The lowest BCUT2D eigenvalue weighted by molar-refractivity contribution is -0.142. The molecule has 0 bridgehead atoms. The van der Waals surface area contributed by atoms with Gasteiger partial charge in [-0.05, 0) is 69.1 Å². The molecule has 1 amide bonds. The van der Waals surface area contributed by atoms with Crippen molar-refractivity contribution in [2.24, 2.45) is 5.92 Å². The number of aryl methyl sites for hydroxylation is 1. The van der Waals surface area contributed by atoms with E-state index in [1.807, 2.05) is 0 Å². The Bertz CT molecular complexity index is 554. The molecule has 3 heteroatoms. The average molecular weight is 301 g/mol. The van der Waals surface area contributed by atoms with Crippen molar-refractivity contribution < 1.29 is 9.90 Å². The van der Waals surface area contributed by atoms with Crippen molar-refractivity contribution in [3.8, 4) is 0 Å². The van der Waals surface area contributed by atoms with Crippen LogP contribution in [-0.4, -0.2) is 28.6 Å². The molecule has 0 spiro atoms. The molecule has 22 heavy (non-hydrogen) atoms. The molecule has 1 heterocycles. The van der Waals surface area contributed by atoms with Crippen molar-refractivity contribution >= 4 is 5.91 Å². The Morgan fingerprint density at radius 1 is 1.14 bits per heavy atom. The van der Waals surface area contributed by atoms with Gasteiger partial charge in [0.05, 0.1) is 18.1 Å². The van der Waals surface area contributed by atoms with E-state index in [0.717, 1.165) is 38.6 Å². The number of hydrogen-bond donors (Lipinski definition) is 1. The van der Waals surface area contributed by atoms with Gasteiger partial charge < -0.3 is 10.0 Å². The number of likely N-dealkylation sites (tertiary alicyclic amines) is 1. The minimum atomic E-state index is -0.436. The normalized spacial score (nSPS) is 28.9. The fraction of sp³-hybridized carbons (Fsp3) is 0.632. The van der Waals surface area contributed by atoms with E-state index < -0.39 is 6.10 Å². The van der Waals surface area contributed by atoms with E-state index >= 15 is 0 Å². The van der Waals surface area contributed by atoms with Crippen LogP contribution >= 0.6 is 0 Å². The van der Waals surface area contributed by atoms with Gasteiger partial charge in [0, 0.05) is 6.54 Å². The number of nitrogens with zero attached hydrogens (tertiary/aromatic N) is 1. The van der Waals surface area contributed by atoms with Crippen molar-refractivity contribution in [2.45, 2.75) is 64.5 Å². The predicted octanol–water partition coefficient (Wildman–Crippen LogP) is 3.52. The third-order valence-electron chi connectivity index (χ3n) is 5.59. The minimum Gasteiger partial charge on any atom is -0.392 e. The summed E-state index contributed by atoms with van der Waals surface area (Å²) in [4.78, 5) is 15.0. The fourth-order valence-electron chi connectivity index (χ4n) is 4.09. The Morgan fingerprint density at radius 3 is 2.68 bits per heavy atom. The van der Waals surface area contributed by atoms with Crippen molar-refractivity contribution in [3.63, 3.8) is 0 Å². The van der Waals surface area contributed by atoms with Crippen molar-refractivity contribution in [3.05, 3.63) is 34.9 Å². The number of rotatable bonds is 2. The number of amides is 1. The van der Waals surface area contributed by atoms with E-state index in [1.165, 1.54) is 23.1 Å². The van der Waals surface area contributed by atoms with E-state index in [9.17, 15) is 9.90 Å². The first kappa shape index (κ1) is 15.5. The van der Waals surface area contributed by atoms with E-state index in [0.29, 0.717) is 0 Å². The summed E-state index contributed by atoms with van der Waals surface area (Å²) in [7, 11) is 0. The summed E-state index contributed by atoms with van der Waals surface area (Å²) in [6.45, 7) is 5.13. The molecule has 1 aromatic rings. The molecule has 3 nitrogen and oxygen atoms in total. The average Bonchev–Trinajstić information content (AvgIpc) is 2.95. The number of carbonyl (C=O) groups excluding carboxylic acids is 1. The van der Waals surface area contributed by atoms with Crippen LogP contribution in [-0.2, 0) is 4.79 Å². The second kappa shape index (κ2) is 6.41. The van der Waals surface area contributed by atoms with Gasteiger partial charge >= 0.3 is 0 Å². The van der Waals surface area contributed by atoms with Gasteiger partial charge in [0.2, 0.25) is 5.91 Å². The Balaban J connectivity index is 1.88. The number of aliphatic hydroxyl groups is 1. The zero-order valence-corrected chi connectivity index (χ0v) is 13.7. The highest BCUT2D eigenvalue weighted by Crippen LogP contribution is 2.37. The number of carbonyl (C=O) groups is 1. The summed E-state index contributed by atoms with van der Waals surface area (Å²) in [6.07, 6.45) is 5.45. The van der Waals surface area contributed by atoms with Gasteiger partial charge in [-0.1, -0.05) is 18.2 Å². The molecule has 3 rings (SSSR count). The van der Waals surface area contributed by atoms with E-state index in [-0.39, 0.29) is 17.9 Å². The Hall–Kier alpha value is -1.35. The summed E-state index contributed by atoms with van der Waals surface area (Å²) in [5.74, 6) is 0.00122. The monoisotopic (exact) mass is 301 g/mol. The van der Waals surface area contributed by atoms with Gasteiger partial charge in [-0.25, -0.2) is 0 Å². The summed E-state index contributed by atoms with van der Waals surface area (Å²) in [6, 6.07) is 6.59. The maximum atomic E-state index is 13.0. The van der Waals surface area contributed by atoms with Crippen LogP contribution < -0.4 is 0 Å². The van der Waals surface area contributed by atoms with Gasteiger partial charge in [0.15, 0.2) is 0 Å². The topological polar surface area (TPSA) is 40.5 Å². The zero-order valence-electron chi connectivity index (χ0n) is 13.7. The molecular weight excluding hydrogens is 274 g/mol. The maximum absolute atomic E-state index is 13.0. The highest BCUT2D eigenvalue weighted by Gasteiger charge is 2.38. The smallest absolute Gasteiger partial charge is 0.228 e. The lowest BCUT2D eigenvalue weighted by Crippen LogP contribution is -2.44. The Labute approximate surface area is 133 Å². The standard InChI is InChI=1S/C19H27NO2/c1-13-7-5-8-15(14(13)2)17-10-3-4-12-20(17)19(22)16-9-6-11-18(16)21/h5,7-8,16-18,21H,3-4,6,9-12H2,1-2H3. The van der Waals surface area contributed by atoms with E-state index in [2.05, 4.69) is 36.9 Å². The van der Waals surface area contributed by atoms with Gasteiger partial charge in [-0.15, -0.1) is 0 Å². The zero-order chi connectivity index (χ0) is 15.7. The van der Waals surface area contributed by atoms with Gasteiger partial charge in [0.25, 0.3) is 0 Å². The number of benzene rings is 1. The molecule has 0 aromatic heterocycles. The SMILES string of the molecule is Cc1cccc(C2CCCCN2C(=O)C2CCCC2O)c1C. The molecule has 2 aliphatic rings. The molecule has 1 saturated heterocycles. The van der Waals surface area contributed by atoms with Crippen molar-refractivity contribution in [1.29, 1.82) is 0 Å². The fourth-order valence-corrected chi connectivity index (χ4v) is 4.09. The summed E-state index contributed by atoms with van der Waals surface area (Å²) >= 11 is 0. The van der Waals surface area contributed by atoms with Crippen LogP contribution in [0.25, 0.3) is 0 Å². The van der Waals surface area contributed by atoms with Crippen LogP contribution in [0.1, 0.15) is 61.3 Å². The molecule has 120 valence electrons. The predicted molar refractivity (Wildman–Crippen MR) is 87.6 cm³/mol. The van der Waals surface area contributed by atoms with Crippen LogP contribution in [0.5, 0.6) is 0 Å². The molecule has 1 saturated carbocycles. The van der Waals surface area contributed by atoms with Crippen LogP contribution in [0.3, 0.4) is 0 Å². The van der Waals surface area contributed by atoms with Crippen molar-refractivity contribution in [2.75, 3.05) is 6.54 Å². The number of aliphatic hydroxyl groups excluding tert-OH is 1. The van der Waals surface area contributed by atoms with E-state index in [4.69, 9.17) is 0 Å². The first-order valence-electron chi connectivity index (χ1n) is 8.64. The molecule has 1 aliphatic heterocycles. The second-order valence-electron chi connectivity index (χ2n) is 6.94. The van der Waals surface area contributed by atoms with Crippen LogP contribution in [0.2, 0.25) is 0 Å². The number of piperidine rings is 1. The molecular formula is C19H27NO2. The first-order chi connectivity index (χ1) is 10.6. The van der Waals surface area contributed by atoms with Gasteiger partial charge in [-0.2, -0.15) is 0 Å². The quantitative estimate of drug-likeness (QED) is 0.908. The molecule has 1 N–H and O–H groups in total. The van der Waals surface area contributed by atoms with Crippen LogP contribution in [0, 0.1) is 19.8 Å². The molecule has 3 atom stereocenters. The van der Waals surface area contributed by atoms with Crippen molar-refractivity contribution in [1.82, 2.24) is 4.90 Å². The minimum absolute atomic E-state index is 0.175. The molecule has 0 radical (unpaired) electrons. The highest BCUT2D eigenvalue weighted by molar-refractivity contribution is 5.80. The van der Waals surface area contributed by atoms with Gasteiger partial charge in [-0.3, -0.25) is 4.79 Å². The largest absolute Gasteiger partial charge is 0.392 e. The first-order valence-corrected chi connectivity index (χ1v) is 8.64. The molecule has 3 unspecified atom stereocenters. The summed E-state index contributed by atoms with van der Waals surface area (Å²) in [5.41, 5.74) is 3.89. The van der Waals surface area contributed by atoms with Gasteiger partial charge in [0.1, 0.15) is 0 Å². The summed E-state index contributed by atoms with van der Waals surface area (Å²) < 4.78 is 0. The summed E-state index contributed by atoms with van der Waals surface area (Å²) in [5, 5.41) is 10.1. The van der Waals surface area contributed by atoms with Crippen LogP contribution in [0.4, 0.5) is 0 Å². The lowest BCUT2D eigenvalue weighted by Gasteiger charge is -2.39. The Morgan fingerprint density at radius 2 is 1.95 bits per heavy atom. The second-order valence-corrected chi connectivity index (χ2v) is 6.94. The maximum Gasteiger partial charge on any atom is 0.228 e. The van der Waals surface area contributed by atoms with Crippen LogP contribution in [0.15, 0.2) is 18.2 Å². The van der Waals surface area contributed by atoms with E-state index in [1.54, 1.807) is 0 Å². The Kier molecular flexibility index (Phi) is 4.53.